The summed E-state index contributed by atoms with van der Waals surface area (Å²) in [4.78, 5) is 122. The largest absolute Gasteiger partial charge is 0.496 e. The van der Waals surface area contributed by atoms with E-state index in [0.29, 0.717) is 79.6 Å². The number of rotatable bonds is 29. The summed E-state index contributed by atoms with van der Waals surface area (Å²) in [6, 6.07) is 0.718. The van der Waals surface area contributed by atoms with E-state index in [9.17, 15) is 48.6 Å². The molecule has 3 aliphatic heterocycles. The minimum atomic E-state index is -1.53. The summed E-state index contributed by atoms with van der Waals surface area (Å²) in [5.74, 6) is -4.96. The lowest BCUT2D eigenvalue weighted by Crippen LogP contribution is -2.59. The van der Waals surface area contributed by atoms with E-state index in [1.807, 2.05) is 6.07 Å². The molecule has 78 heavy (non-hydrogen) atoms. The molecule has 0 unspecified atom stereocenters. The second-order valence-electron chi connectivity index (χ2n) is 19.2. The zero-order valence-electron chi connectivity index (χ0n) is 43.5. The lowest BCUT2D eigenvalue weighted by atomic mass is 10.0. The molecule has 2 aromatic rings. The van der Waals surface area contributed by atoms with Crippen LogP contribution in [0.3, 0.4) is 0 Å². The van der Waals surface area contributed by atoms with Gasteiger partial charge in [0, 0.05) is 56.6 Å². The molecule has 3 fully saturated rings. The van der Waals surface area contributed by atoms with Gasteiger partial charge in [-0.05, 0) is 132 Å². The summed E-state index contributed by atoms with van der Waals surface area (Å²) >= 11 is 8.20. The minimum absolute atomic E-state index is 0.0189. The number of carbonyl (C=O) groups excluding carboxylic acids is 7. The van der Waals surface area contributed by atoms with Crippen LogP contribution in [0.4, 0.5) is 0 Å². The van der Waals surface area contributed by atoms with E-state index in [1.165, 1.54) is 33.1 Å². The first-order chi connectivity index (χ1) is 37.2. The monoisotopic (exact) mass is 1240 g/mol. The third-order valence-corrected chi connectivity index (χ3v) is 15.9. The molecule has 4 heterocycles. The maximum Gasteiger partial charge on any atom is 0.320 e. The number of likely N-dealkylation sites (tertiary alicyclic amines) is 3. The highest BCUT2D eigenvalue weighted by atomic mass is 79.9. The Bertz CT molecular complexity index is 2500. The molecule has 3 aliphatic rings. The van der Waals surface area contributed by atoms with E-state index in [1.54, 1.807) is 24.3 Å². The van der Waals surface area contributed by atoms with Crippen molar-refractivity contribution in [2.24, 2.45) is 38.7 Å². The van der Waals surface area contributed by atoms with Gasteiger partial charge in [0.25, 0.3) is 0 Å². The molecule has 3 saturated heterocycles. The Kier molecular flexibility index (Phi) is 24.8. The van der Waals surface area contributed by atoms with E-state index in [4.69, 9.17) is 33.4 Å². The van der Waals surface area contributed by atoms with Crippen LogP contribution >= 0.6 is 43.2 Å². The molecule has 29 heteroatoms. The van der Waals surface area contributed by atoms with Crippen LogP contribution in [0.25, 0.3) is 0 Å². The molecule has 0 saturated carbocycles. The smallest absolute Gasteiger partial charge is 0.320 e. The number of nitrogens with one attached hydrogen (secondary N) is 5. The quantitative estimate of drug-likeness (QED) is 0.0240. The predicted octanol–water partition coefficient (Wildman–Crippen LogP) is -1.92. The summed E-state index contributed by atoms with van der Waals surface area (Å²) in [7, 11) is 1.52. The van der Waals surface area contributed by atoms with Gasteiger partial charge < -0.3 is 84.9 Å². The summed E-state index contributed by atoms with van der Waals surface area (Å²) in [6.07, 6.45) is 3.98. The van der Waals surface area contributed by atoms with E-state index < -0.39 is 103 Å². The number of nitrogens with two attached hydrogens (primary N) is 5. The lowest BCUT2D eigenvalue weighted by molar-refractivity contribution is -0.147. The molecule has 1 aromatic carbocycles. The number of nitrogens with zero attached hydrogens (tertiary/aromatic N) is 5. The van der Waals surface area contributed by atoms with Gasteiger partial charge in [-0.25, -0.2) is 0 Å². The number of hydrogen-bond acceptors (Lipinski definition) is 15. The Morgan fingerprint density at radius 3 is 1.96 bits per heavy atom. The molecule has 430 valence electrons. The van der Waals surface area contributed by atoms with Crippen molar-refractivity contribution in [1.29, 1.82) is 0 Å². The van der Waals surface area contributed by atoms with E-state index in [2.05, 4.69) is 68.4 Å². The van der Waals surface area contributed by atoms with Gasteiger partial charge in [0.15, 0.2) is 11.9 Å². The molecule has 5 rings (SSSR count). The number of carbonyl (C=O) groups is 8. The fourth-order valence-corrected chi connectivity index (χ4v) is 11.8. The number of aliphatic hydroxyl groups is 1. The van der Waals surface area contributed by atoms with Crippen molar-refractivity contribution >= 4 is 102 Å². The number of halogens is 2. The van der Waals surface area contributed by atoms with Crippen molar-refractivity contribution in [1.82, 2.24) is 41.3 Å². The van der Waals surface area contributed by atoms with Gasteiger partial charge in [0.2, 0.25) is 41.4 Å². The molecular weight excluding hydrogens is 1170 g/mol. The number of carboxylic acid groups (broad SMARTS) is 1. The Morgan fingerprint density at radius 2 is 1.37 bits per heavy atom. The molecule has 0 bridgehead atoms. The number of carboxylic acids is 1. The van der Waals surface area contributed by atoms with Crippen LogP contribution < -0.4 is 60.0 Å². The molecule has 8 atom stereocenters. The summed E-state index contributed by atoms with van der Waals surface area (Å²) < 4.78 is 6.77. The molecule has 1 aromatic heterocycles. The van der Waals surface area contributed by atoms with Gasteiger partial charge in [-0.3, -0.25) is 48.3 Å². The average molecular weight is 1240 g/mol. The third-order valence-electron chi connectivity index (χ3n) is 13.6. The highest BCUT2D eigenvalue weighted by Crippen LogP contribution is 2.28. The first-order valence-corrected chi connectivity index (χ1v) is 28.2. The molecule has 7 amide bonds. The van der Waals surface area contributed by atoms with Crippen molar-refractivity contribution in [3.63, 3.8) is 0 Å². The first kappa shape index (κ1) is 62.7. The van der Waals surface area contributed by atoms with Crippen LogP contribution in [0.15, 0.2) is 48.6 Å². The topological polar surface area (TPSA) is 411 Å². The standard InChI is InChI=1S/C49H73Br2N15O11S/c1-77-38-14-12-27(22-30(38)50)21-28(24-59-32(47(75)76)8-3-17-58-49(55)56)61-43(71)36-10-5-18-64(36)45(73)34(26-67)63-41(69)33(23-29-13-15-39(51)78-29)62-40(68)25-60-42(70)35-9-4-19-65(35)46(74)37-11-6-20-66(37)44(72)31(52)7-2-16-57-48(53)54/h12-15,22,28,31-37,59,67H,2-11,16-21,23-26,52H2,1H3,(H,60,70)(H,61,71)(H,62,68)(H,63,69)(H,75,76)(H4,53,54,57)(H4,55,56,58)/t28-,31-,32-,33-,34-,35-,36-,37-/m0/s1. The molecule has 0 aliphatic carbocycles. The number of benzene rings is 1. The Labute approximate surface area is 473 Å². The highest BCUT2D eigenvalue weighted by Gasteiger charge is 2.43. The van der Waals surface area contributed by atoms with E-state index in [-0.39, 0.29) is 69.7 Å². The number of aliphatic hydroxyl groups excluding tert-OH is 1. The number of aliphatic imine (C=N–C) groups is 2. The van der Waals surface area contributed by atoms with Gasteiger partial charge in [0.1, 0.15) is 42.0 Å². The number of thiophene rings is 1. The number of ether oxygens (including phenoxy) is 1. The van der Waals surface area contributed by atoms with Gasteiger partial charge in [-0.2, -0.15) is 0 Å². The second-order valence-corrected chi connectivity index (χ2v) is 22.6. The second kappa shape index (κ2) is 30.9. The number of hydrogen-bond donors (Lipinski definition) is 12. The van der Waals surface area contributed by atoms with Gasteiger partial charge in [-0.1, -0.05) is 6.07 Å². The fourth-order valence-electron chi connectivity index (χ4n) is 9.69. The maximum atomic E-state index is 14.2. The van der Waals surface area contributed by atoms with Crippen molar-refractivity contribution in [2.75, 3.05) is 59.5 Å². The van der Waals surface area contributed by atoms with E-state index in [0.717, 1.165) is 9.35 Å². The molecule has 26 nitrogen and oxygen atoms in total. The van der Waals surface area contributed by atoms with Crippen molar-refractivity contribution in [3.05, 3.63) is 49.0 Å². The maximum absolute atomic E-state index is 14.2. The minimum Gasteiger partial charge on any atom is -0.496 e. The normalized spacial score (nSPS) is 18.9. The zero-order valence-corrected chi connectivity index (χ0v) is 47.5. The van der Waals surface area contributed by atoms with Crippen LogP contribution in [0.2, 0.25) is 0 Å². The van der Waals surface area contributed by atoms with E-state index >= 15 is 0 Å². The Morgan fingerprint density at radius 1 is 0.756 bits per heavy atom. The van der Waals surface area contributed by atoms with Crippen molar-refractivity contribution < 1.29 is 53.3 Å². The number of amides is 7. The van der Waals surface area contributed by atoms with Crippen LogP contribution in [0, 0.1) is 0 Å². The summed E-state index contributed by atoms with van der Waals surface area (Å²) in [5, 5.41) is 34.4. The van der Waals surface area contributed by atoms with Gasteiger partial charge >= 0.3 is 5.97 Å². The SMILES string of the molecule is COc1ccc(C[C@@H](CN[C@@H](CCCN=C(N)N)C(=O)O)NC(=O)[C@@H]2CCCN2C(=O)[C@H](CO)NC(=O)[C@H](Cc2ccc(Br)s2)NC(=O)CNC(=O)[C@@H]2CCCN2C(=O)[C@@H]2CCCN2C(=O)[C@@H](N)CCCN=C(N)N)cc1Br. The number of guanidine groups is 2. The Hall–Kier alpha value is -6.14. The van der Waals surface area contributed by atoms with Gasteiger partial charge in [-0.15, -0.1) is 11.3 Å². The fraction of sp³-hybridized carbons (Fsp3) is 0.592. The molecule has 0 radical (unpaired) electrons. The Balaban J connectivity index is 1.21. The average Bonchev–Trinajstić information content (AvgIpc) is 4.26. The summed E-state index contributed by atoms with van der Waals surface area (Å²) in [5.41, 5.74) is 28.6. The van der Waals surface area contributed by atoms with Gasteiger partial charge in [0.05, 0.1) is 34.6 Å². The summed E-state index contributed by atoms with van der Waals surface area (Å²) in [6.45, 7) is -0.182. The first-order valence-electron chi connectivity index (χ1n) is 25.8. The predicted molar refractivity (Wildman–Crippen MR) is 297 cm³/mol. The lowest BCUT2D eigenvalue weighted by Gasteiger charge is -2.32. The van der Waals surface area contributed by atoms with Crippen LogP contribution in [-0.2, 0) is 51.2 Å². The molecular formula is C49H73Br2N15O11S. The third kappa shape index (κ3) is 18.5. The zero-order chi connectivity index (χ0) is 57.1. The highest BCUT2D eigenvalue weighted by molar-refractivity contribution is 9.11. The number of aliphatic carboxylic acids is 1. The van der Waals surface area contributed by atoms with Crippen LogP contribution in [-0.4, -0.2) is 192 Å². The van der Waals surface area contributed by atoms with Crippen molar-refractivity contribution in [3.8, 4) is 5.75 Å². The van der Waals surface area contributed by atoms with Crippen LogP contribution in [0.5, 0.6) is 5.75 Å². The molecule has 0 spiro atoms. The number of methoxy groups -OCH3 is 1. The van der Waals surface area contributed by atoms with Crippen molar-refractivity contribution in [2.45, 2.75) is 125 Å². The molecule has 17 N–H and O–H groups in total. The van der Waals surface area contributed by atoms with Crippen LogP contribution in [0.1, 0.15) is 74.6 Å².